The molecule has 0 N–H and O–H groups in total. The molecule has 0 radical (unpaired) electrons. The first-order valence-corrected chi connectivity index (χ1v) is 7.35. The molecular formula is C14H9IN2S. The molecule has 0 aliphatic heterocycles. The fourth-order valence-electron chi connectivity index (χ4n) is 1.69. The van der Waals surface area contributed by atoms with E-state index >= 15 is 0 Å². The number of hydrogen-bond acceptors (Lipinski definition) is 3. The van der Waals surface area contributed by atoms with Crippen molar-refractivity contribution in [2.45, 2.75) is 10.1 Å². The van der Waals surface area contributed by atoms with Gasteiger partial charge in [0, 0.05) is 20.9 Å². The van der Waals surface area contributed by atoms with Crippen LogP contribution in [0.3, 0.4) is 0 Å². The summed E-state index contributed by atoms with van der Waals surface area (Å²) in [6, 6.07) is 14.7. The van der Waals surface area contributed by atoms with Crippen molar-refractivity contribution in [2.24, 2.45) is 0 Å². The lowest BCUT2D eigenvalue weighted by molar-refractivity contribution is 0.957. The lowest BCUT2D eigenvalue weighted by Gasteiger charge is -2.02. The number of halogens is 1. The van der Waals surface area contributed by atoms with Crippen molar-refractivity contribution in [3.8, 4) is 0 Å². The standard InChI is InChI=1S/C14H9IN2S/c15-12-8-16-14(17-9-12)18-13-6-5-10-3-1-2-4-11(10)7-13/h1-9H. The molecule has 0 unspecified atom stereocenters. The number of aromatic nitrogens is 2. The third-order valence-electron chi connectivity index (χ3n) is 2.53. The minimum absolute atomic E-state index is 0.783. The lowest BCUT2D eigenvalue weighted by Crippen LogP contribution is -1.86. The molecule has 3 rings (SSSR count). The summed E-state index contributed by atoms with van der Waals surface area (Å²) in [5, 5.41) is 3.28. The molecular weight excluding hydrogens is 355 g/mol. The van der Waals surface area contributed by atoms with Crippen molar-refractivity contribution >= 4 is 45.1 Å². The van der Waals surface area contributed by atoms with Crippen molar-refractivity contribution in [2.75, 3.05) is 0 Å². The van der Waals surface area contributed by atoms with Gasteiger partial charge in [-0.1, -0.05) is 30.3 Å². The zero-order chi connectivity index (χ0) is 12.4. The van der Waals surface area contributed by atoms with Gasteiger partial charge in [-0.15, -0.1) is 0 Å². The van der Waals surface area contributed by atoms with Crippen LogP contribution in [-0.2, 0) is 0 Å². The summed E-state index contributed by atoms with van der Waals surface area (Å²) in [5.41, 5.74) is 0. The van der Waals surface area contributed by atoms with Gasteiger partial charge in [-0.3, -0.25) is 0 Å². The van der Waals surface area contributed by atoms with Crippen molar-refractivity contribution in [3.63, 3.8) is 0 Å². The SMILES string of the molecule is Ic1cnc(Sc2ccc3ccccc3c2)nc1. The quantitative estimate of drug-likeness (QED) is 0.498. The number of rotatable bonds is 2. The van der Waals surface area contributed by atoms with Crippen LogP contribution in [0.2, 0.25) is 0 Å². The van der Waals surface area contributed by atoms with Crippen LogP contribution in [0.1, 0.15) is 0 Å². The Bertz CT molecular complexity index is 683. The van der Waals surface area contributed by atoms with Crippen molar-refractivity contribution in [3.05, 3.63) is 58.4 Å². The summed E-state index contributed by atoms with van der Waals surface area (Å²) in [5.74, 6) is 0. The topological polar surface area (TPSA) is 25.8 Å². The first-order chi connectivity index (χ1) is 8.81. The van der Waals surface area contributed by atoms with E-state index in [9.17, 15) is 0 Å². The van der Waals surface area contributed by atoms with E-state index in [4.69, 9.17) is 0 Å². The van der Waals surface area contributed by atoms with Gasteiger partial charge in [0.2, 0.25) is 0 Å². The van der Waals surface area contributed by atoms with E-state index in [1.165, 1.54) is 10.8 Å². The predicted octanol–water partition coefficient (Wildman–Crippen LogP) is 4.39. The van der Waals surface area contributed by atoms with E-state index < -0.39 is 0 Å². The molecule has 0 atom stereocenters. The van der Waals surface area contributed by atoms with Gasteiger partial charge < -0.3 is 0 Å². The van der Waals surface area contributed by atoms with Crippen LogP contribution in [0.4, 0.5) is 0 Å². The Hall–Kier alpha value is -1.14. The number of fused-ring (bicyclic) bond motifs is 1. The summed E-state index contributed by atoms with van der Waals surface area (Å²) < 4.78 is 1.05. The van der Waals surface area contributed by atoms with E-state index in [0.717, 1.165) is 13.6 Å². The minimum atomic E-state index is 0.783. The van der Waals surface area contributed by atoms with Gasteiger partial charge in [0.25, 0.3) is 0 Å². The molecule has 0 saturated heterocycles. The molecule has 1 aromatic heterocycles. The number of benzene rings is 2. The van der Waals surface area contributed by atoms with E-state index in [0.29, 0.717) is 0 Å². The molecule has 18 heavy (non-hydrogen) atoms. The Kier molecular flexibility index (Phi) is 3.47. The second kappa shape index (κ2) is 5.24. The third kappa shape index (κ3) is 2.64. The van der Waals surface area contributed by atoms with Crippen LogP contribution < -0.4 is 0 Å². The summed E-state index contributed by atoms with van der Waals surface area (Å²) in [4.78, 5) is 9.76. The molecule has 2 aromatic carbocycles. The maximum Gasteiger partial charge on any atom is 0.192 e. The van der Waals surface area contributed by atoms with Gasteiger partial charge in [0.15, 0.2) is 5.16 Å². The molecule has 88 valence electrons. The second-order valence-corrected chi connectivity index (χ2v) is 6.08. The normalized spacial score (nSPS) is 10.7. The highest BCUT2D eigenvalue weighted by atomic mass is 127. The number of nitrogens with zero attached hydrogens (tertiary/aromatic N) is 2. The fraction of sp³-hybridized carbons (Fsp3) is 0. The fourth-order valence-corrected chi connectivity index (χ4v) is 2.71. The average Bonchev–Trinajstić information content (AvgIpc) is 2.41. The zero-order valence-corrected chi connectivity index (χ0v) is 12.4. The Morgan fingerprint density at radius 2 is 1.61 bits per heavy atom. The third-order valence-corrected chi connectivity index (χ3v) is 3.97. The van der Waals surface area contributed by atoms with Crippen molar-refractivity contribution < 1.29 is 0 Å². The molecule has 0 amide bonds. The zero-order valence-electron chi connectivity index (χ0n) is 9.38. The number of hydrogen-bond donors (Lipinski definition) is 0. The summed E-state index contributed by atoms with van der Waals surface area (Å²) in [7, 11) is 0. The molecule has 0 saturated carbocycles. The van der Waals surface area contributed by atoms with Crippen molar-refractivity contribution in [1.29, 1.82) is 0 Å². The van der Waals surface area contributed by atoms with E-state index in [-0.39, 0.29) is 0 Å². The van der Waals surface area contributed by atoms with E-state index in [1.807, 2.05) is 12.4 Å². The second-order valence-electron chi connectivity index (χ2n) is 3.79. The van der Waals surface area contributed by atoms with Gasteiger partial charge in [0.1, 0.15) is 0 Å². The highest BCUT2D eigenvalue weighted by molar-refractivity contribution is 14.1. The Labute approximate surface area is 123 Å². The molecule has 0 bridgehead atoms. The van der Waals surface area contributed by atoms with E-state index in [2.05, 4.69) is 75.0 Å². The van der Waals surface area contributed by atoms with Gasteiger partial charge in [-0.2, -0.15) is 0 Å². The van der Waals surface area contributed by atoms with Gasteiger partial charge >= 0.3 is 0 Å². The van der Waals surface area contributed by atoms with Crippen molar-refractivity contribution in [1.82, 2.24) is 9.97 Å². The van der Waals surface area contributed by atoms with Crippen LogP contribution in [-0.4, -0.2) is 9.97 Å². The molecule has 3 aromatic rings. The van der Waals surface area contributed by atoms with Gasteiger partial charge in [0.05, 0.1) is 0 Å². The maximum atomic E-state index is 4.30. The van der Waals surface area contributed by atoms with Crippen LogP contribution in [0.25, 0.3) is 10.8 Å². The minimum Gasteiger partial charge on any atom is -0.230 e. The molecule has 4 heteroatoms. The van der Waals surface area contributed by atoms with Crippen LogP contribution in [0.5, 0.6) is 0 Å². The molecule has 0 aliphatic carbocycles. The summed E-state index contributed by atoms with van der Waals surface area (Å²) in [6.45, 7) is 0. The highest BCUT2D eigenvalue weighted by Gasteiger charge is 2.01. The lowest BCUT2D eigenvalue weighted by atomic mass is 10.1. The molecule has 0 spiro atoms. The maximum absolute atomic E-state index is 4.30. The Morgan fingerprint density at radius 1 is 0.889 bits per heavy atom. The van der Waals surface area contributed by atoms with Crippen LogP contribution in [0, 0.1) is 3.57 Å². The Morgan fingerprint density at radius 3 is 2.39 bits per heavy atom. The molecule has 0 fully saturated rings. The molecule has 1 heterocycles. The monoisotopic (exact) mass is 364 g/mol. The summed E-state index contributed by atoms with van der Waals surface area (Å²) in [6.07, 6.45) is 3.66. The smallest absolute Gasteiger partial charge is 0.192 e. The summed E-state index contributed by atoms with van der Waals surface area (Å²) >= 11 is 3.79. The Balaban J connectivity index is 1.92. The first kappa shape index (κ1) is 11.9. The largest absolute Gasteiger partial charge is 0.230 e. The van der Waals surface area contributed by atoms with Crippen LogP contribution in [0.15, 0.2) is 64.9 Å². The molecule has 0 aliphatic rings. The van der Waals surface area contributed by atoms with E-state index in [1.54, 1.807) is 11.8 Å². The van der Waals surface area contributed by atoms with Crippen LogP contribution >= 0.6 is 34.4 Å². The van der Waals surface area contributed by atoms with Gasteiger partial charge in [-0.05, 0) is 57.3 Å². The first-order valence-electron chi connectivity index (χ1n) is 5.45. The molecule has 2 nitrogen and oxygen atoms in total. The predicted molar refractivity (Wildman–Crippen MR) is 82.8 cm³/mol. The highest BCUT2D eigenvalue weighted by Crippen LogP contribution is 2.27. The van der Waals surface area contributed by atoms with Gasteiger partial charge in [-0.25, -0.2) is 9.97 Å². The average molecular weight is 364 g/mol.